The number of rotatable bonds is 4. The molecule has 0 saturated carbocycles. The summed E-state index contributed by atoms with van der Waals surface area (Å²) in [5.41, 5.74) is 1.37. The maximum absolute atomic E-state index is 13.1. The quantitative estimate of drug-likeness (QED) is 0.854. The summed E-state index contributed by atoms with van der Waals surface area (Å²) < 4.78 is 24.3. The van der Waals surface area contributed by atoms with E-state index in [1.165, 1.54) is 18.3 Å². The van der Waals surface area contributed by atoms with Crippen LogP contribution in [0.2, 0.25) is 0 Å². The molecule has 25 heavy (non-hydrogen) atoms. The molecule has 1 aromatic carbocycles. The number of ether oxygens (including phenoxy) is 2. The van der Waals surface area contributed by atoms with Crippen LogP contribution in [0.4, 0.5) is 4.39 Å². The van der Waals surface area contributed by atoms with Crippen LogP contribution in [0.5, 0.6) is 5.88 Å². The van der Waals surface area contributed by atoms with Crippen LogP contribution in [-0.2, 0) is 4.74 Å². The zero-order chi connectivity index (χ0) is 17.8. The van der Waals surface area contributed by atoms with E-state index < -0.39 is 0 Å². The fourth-order valence-electron chi connectivity index (χ4n) is 2.71. The summed E-state index contributed by atoms with van der Waals surface area (Å²) in [6, 6.07) is 9.59. The molecule has 6 heteroatoms. The number of hydrogen-bond donors (Lipinski definition) is 0. The SMILES string of the molecule is CC(C)Oc1ccc(C(=O)N2CCOC(c3ccc(F)cc3)C2)cn1. The number of benzene rings is 1. The Labute approximate surface area is 146 Å². The number of carbonyl (C=O) groups excluding carboxylic acids is 1. The van der Waals surface area contributed by atoms with Gasteiger partial charge in [0.25, 0.3) is 5.91 Å². The number of amides is 1. The smallest absolute Gasteiger partial charge is 0.255 e. The molecule has 1 unspecified atom stereocenters. The Morgan fingerprint density at radius 2 is 2.04 bits per heavy atom. The molecule has 1 atom stereocenters. The maximum Gasteiger partial charge on any atom is 0.255 e. The lowest BCUT2D eigenvalue weighted by Gasteiger charge is -2.33. The highest BCUT2D eigenvalue weighted by Crippen LogP contribution is 2.23. The zero-order valence-corrected chi connectivity index (χ0v) is 14.3. The molecule has 3 rings (SSSR count). The molecule has 0 aliphatic carbocycles. The molecular formula is C19H21FN2O3. The highest BCUT2D eigenvalue weighted by molar-refractivity contribution is 5.94. The van der Waals surface area contributed by atoms with Gasteiger partial charge in [-0.1, -0.05) is 12.1 Å². The first-order chi connectivity index (χ1) is 12.0. The second kappa shape index (κ2) is 7.61. The van der Waals surface area contributed by atoms with Gasteiger partial charge in [0, 0.05) is 18.8 Å². The van der Waals surface area contributed by atoms with Crippen molar-refractivity contribution in [3.63, 3.8) is 0 Å². The monoisotopic (exact) mass is 344 g/mol. The number of morpholine rings is 1. The predicted octanol–water partition coefficient (Wildman–Crippen LogP) is 3.22. The Morgan fingerprint density at radius 3 is 2.68 bits per heavy atom. The third-order valence-electron chi connectivity index (χ3n) is 3.94. The Balaban J connectivity index is 1.68. The summed E-state index contributed by atoms with van der Waals surface area (Å²) in [5, 5.41) is 0. The number of halogens is 1. The number of pyridine rings is 1. The van der Waals surface area contributed by atoms with E-state index in [1.807, 2.05) is 13.8 Å². The number of hydrogen-bond acceptors (Lipinski definition) is 4. The van der Waals surface area contributed by atoms with Crippen molar-refractivity contribution in [1.82, 2.24) is 9.88 Å². The van der Waals surface area contributed by atoms with Gasteiger partial charge in [0.05, 0.1) is 24.8 Å². The number of aromatic nitrogens is 1. The van der Waals surface area contributed by atoms with Crippen molar-refractivity contribution >= 4 is 5.91 Å². The van der Waals surface area contributed by atoms with E-state index in [-0.39, 0.29) is 23.9 Å². The third kappa shape index (κ3) is 4.33. The first-order valence-electron chi connectivity index (χ1n) is 8.32. The van der Waals surface area contributed by atoms with Crippen LogP contribution in [0.1, 0.15) is 35.9 Å². The second-order valence-corrected chi connectivity index (χ2v) is 6.21. The van der Waals surface area contributed by atoms with Crippen molar-refractivity contribution in [3.05, 3.63) is 59.5 Å². The molecule has 1 aliphatic heterocycles. The van der Waals surface area contributed by atoms with E-state index >= 15 is 0 Å². The van der Waals surface area contributed by atoms with Crippen molar-refractivity contribution in [2.24, 2.45) is 0 Å². The Hall–Kier alpha value is -2.47. The van der Waals surface area contributed by atoms with Gasteiger partial charge in [-0.3, -0.25) is 4.79 Å². The normalized spacial score (nSPS) is 17.6. The van der Waals surface area contributed by atoms with Crippen molar-refractivity contribution < 1.29 is 18.7 Å². The summed E-state index contributed by atoms with van der Waals surface area (Å²) in [4.78, 5) is 18.6. The highest BCUT2D eigenvalue weighted by atomic mass is 19.1. The molecule has 5 nitrogen and oxygen atoms in total. The van der Waals surface area contributed by atoms with Crippen LogP contribution >= 0.6 is 0 Å². The van der Waals surface area contributed by atoms with E-state index in [0.717, 1.165) is 5.56 Å². The van der Waals surface area contributed by atoms with Gasteiger partial charge in [-0.05, 0) is 37.6 Å². The molecule has 0 N–H and O–H groups in total. The van der Waals surface area contributed by atoms with Crippen LogP contribution in [0, 0.1) is 5.82 Å². The lowest BCUT2D eigenvalue weighted by molar-refractivity contribution is -0.0228. The van der Waals surface area contributed by atoms with Crippen LogP contribution < -0.4 is 4.74 Å². The van der Waals surface area contributed by atoms with Crippen LogP contribution in [0.25, 0.3) is 0 Å². The minimum Gasteiger partial charge on any atom is -0.475 e. The Bertz CT molecular complexity index is 716. The summed E-state index contributed by atoms with van der Waals surface area (Å²) >= 11 is 0. The minimum absolute atomic E-state index is 0.0322. The van der Waals surface area contributed by atoms with Gasteiger partial charge in [0.1, 0.15) is 11.9 Å². The largest absolute Gasteiger partial charge is 0.475 e. The minimum atomic E-state index is -0.290. The van der Waals surface area contributed by atoms with Gasteiger partial charge in [-0.25, -0.2) is 9.37 Å². The first-order valence-corrected chi connectivity index (χ1v) is 8.32. The lowest BCUT2D eigenvalue weighted by atomic mass is 10.1. The van der Waals surface area contributed by atoms with Crippen molar-refractivity contribution in [2.45, 2.75) is 26.1 Å². The van der Waals surface area contributed by atoms with Gasteiger partial charge < -0.3 is 14.4 Å². The molecule has 1 aliphatic rings. The second-order valence-electron chi connectivity index (χ2n) is 6.21. The molecular weight excluding hydrogens is 323 g/mol. The Morgan fingerprint density at radius 1 is 1.28 bits per heavy atom. The van der Waals surface area contributed by atoms with Crippen molar-refractivity contribution in [3.8, 4) is 5.88 Å². The summed E-state index contributed by atoms with van der Waals surface area (Å²) in [7, 11) is 0. The third-order valence-corrected chi connectivity index (χ3v) is 3.94. The van der Waals surface area contributed by atoms with E-state index in [4.69, 9.17) is 9.47 Å². The first kappa shape index (κ1) is 17.4. The van der Waals surface area contributed by atoms with Crippen LogP contribution in [-0.4, -0.2) is 41.6 Å². The number of nitrogens with zero attached hydrogens (tertiary/aromatic N) is 2. The molecule has 1 aromatic heterocycles. The average molecular weight is 344 g/mol. The maximum atomic E-state index is 13.1. The molecule has 0 bridgehead atoms. The lowest BCUT2D eigenvalue weighted by Crippen LogP contribution is -2.42. The Kier molecular flexibility index (Phi) is 5.28. The van der Waals surface area contributed by atoms with Crippen molar-refractivity contribution in [2.75, 3.05) is 19.7 Å². The molecule has 132 valence electrons. The van der Waals surface area contributed by atoms with Crippen molar-refractivity contribution in [1.29, 1.82) is 0 Å². The topological polar surface area (TPSA) is 51.7 Å². The molecule has 2 heterocycles. The van der Waals surface area contributed by atoms with E-state index in [9.17, 15) is 9.18 Å². The molecule has 1 amide bonds. The van der Waals surface area contributed by atoms with E-state index in [1.54, 1.807) is 29.2 Å². The zero-order valence-electron chi connectivity index (χ0n) is 14.3. The molecule has 1 saturated heterocycles. The molecule has 1 fully saturated rings. The average Bonchev–Trinajstić information content (AvgIpc) is 2.62. The fourth-order valence-corrected chi connectivity index (χ4v) is 2.71. The van der Waals surface area contributed by atoms with Gasteiger partial charge in [0.2, 0.25) is 5.88 Å². The number of carbonyl (C=O) groups is 1. The van der Waals surface area contributed by atoms with Gasteiger partial charge >= 0.3 is 0 Å². The molecule has 0 radical (unpaired) electrons. The highest BCUT2D eigenvalue weighted by Gasteiger charge is 2.26. The summed E-state index contributed by atoms with van der Waals surface area (Å²) in [6.07, 6.45) is 1.31. The predicted molar refractivity (Wildman–Crippen MR) is 91.0 cm³/mol. The fraction of sp³-hybridized carbons (Fsp3) is 0.368. The van der Waals surface area contributed by atoms with E-state index in [2.05, 4.69) is 4.98 Å². The standard InChI is InChI=1S/C19H21FN2O3/c1-13(2)25-18-8-5-15(11-21-18)19(23)22-9-10-24-17(12-22)14-3-6-16(20)7-4-14/h3-8,11,13,17H,9-10,12H2,1-2H3. The summed E-state index contributed by atoms with van der Waals surface area (Å²) in [5.74, 6) is 0.110. The summed E-state index contributed by atoms with van der Waals surface area (Å²) in [6.45, 7) is 5.22. The van der Waals surface area contributed by atoms with Crippen LogP contribution in [0.3, 0.4) is 0 Å². The van der Waals surface area contributed by atoms with Crippen LogP contribution in [0.15, 0.2) is 42.6 Å². The van der Waals surface area contributed by atoms with Gasteiger partial charge in [-0.2, -0.15) is 0 Å². The molecule has 0 spiro atoms. The molecule has 2 aromatic rings. The van der Waals surface area contributed by atoms with E-state index in [0.29, 0.717) is 31.1 Å². The van der Waals surface area contributed by atoms with Gasteiger partial charge in [0.15, 0.2) is 0 Å². The van der Waals surface area contributed by atoms with Gasteiger partial charge in [-0.15, -0.1) is 0 Å².